The van der Waals surface area contributed by atoms with Crippen molar-refractivity contribution in [1.82, 2.24) is 9.55 Å². The number of carbonyl (C=O) groups excluding carboxylic acids is 1. The molecule has 2 aromatic carbocycles. The van der Waals surface area contributed by atoms with E-state index < -0.39 is 16.9 Å². The molecular weight excluding hydrogens is 372 g/mol. The second kappa shape index (κ2) is 7.05. The first-order valence-electron chi connectivity index (χ1n) is 9.27. The van der Waals surface area contributed by atoms with Crippen LogP contribution in [0.3, 0.4) is 0 Å². The molecule has 1 aliphatic heterocycles. The van der Waals surface area contributed by atoms with Gasteiger partial charge in [0, 0.05) is 11.8 Å². The third kappa shape index (κ3) is 3.12. The van der Waals surface area contributed by atoms with E-state index in [1.54, 1.807) is 39.0 Å². The monoisotopic (exact) mass is 392 g/mol. The number of nitrogens with one attached hydrogen (secondary N) is 1. The highest BCUT2D eigenvalue weighted by molar-refractivity contribution is 5.94. The number of rotatable bonds is 4. The molecule has 0 fully saturated rings. The van der Waals surface area contributed by atoms with Gasteiger partial charge in [0.25, 0.3) is 5.69 Å². The Morgan fingerprint density at radius 2 is 1.90 bits per heavy atom. The Balaban J connectivity index is 2.02. The summed E-state index contributed by atoms with van der Waals surface area (Å²) >= 11 is 0. The second-order valence-corrected chi connectivity index (χ2v) is 7.13. The Hall–Kier alpha value is -3.68. The van der Waals surface area contributed by atoms with Crippen molar-refractivity contribution in [1.29, 1.82) is 0 Å². The number of carbonyl (C=O) groups is 1. The van der Waals surface area contributed by atoms with Crippen LogP contribution in [0.1, 0.15) is 32.4 Å². The van der Waals surface area contributed by atoms with Crippen LogP contribution in [0.5, 0.6) is 0 Å². The van der Waals surface area contributed by atoms with Gasteiger partial charge < -0.3 is 10.1 Å². The van der Waals surface area contributed by atoms with Crippen LogP contribution in [-0.4, -0.2) is 26.5 Å². The Morgan fingerprint density at radius 3 is 2.62 bits per heavy atom. The van der Waals surface area contributed by atoms with Gasteiger partial charge in [0.15, 0.2) is 0 Å². The van der Waals surface area contributed by atoms with Crippen molar-refractivity contribution in [2.24, 2.45) is 0 Å². The van der Waals surface area contributed by atoms with Gasteiger partial charge in [-0.25, -0.2) is 9.78 Å². The van der Waals surface area contributed by atoms with Gasteiger partial charge >= 0.3 is 5.97 Å². The smallest absolute Gasteiger partial charge is 0.338 e. The number of imidazole rings is 1. The van der Waals surface area contributed by atoms with Gasteiger partial charge in [0.2, 0.25) is 5.95 Å². The molecule has 0 bridgehead atoms. The van der Waals surface area contributed by atoms with Crippen molar-refractivity contribution in [3.8, 4) is 0 Å². The minimum atomic E-state index is -0.744. The highest BCUT2D eigenvalue weighted by atomic mass is 16.6. The first-order chi connectivity index (χ1) is 13.9. The third-order valence-electron chi connectivity index (χ3n) is 4.82. The molecule has 0 spiro atoms. The average molecular weight is 392 g/mol. The second-order valence-electron chi connectivity index (χ2n) is 7.13. The number of benzene rings is 2. The van der Waals surface area contributed by atoms with E-state index in [-0.39, 0.29) is 11.8 Å². The first kappa shape index (κ1) is 18.7. The summed E-state index contributed by atoms with van der Waals surface area (Å²) in [5, 5.41) is 14.9. The Morgan fingerprint density at radius 1 is 1.21 bits per heavy atom. The number of hydrogen-bond acceptors (Lipinski definition) is 6. The van der Waals surface area contributed by atoms with E-state index in [9.17, 15) is 14.9 Å². The fourth-order valence-electron chi connectivity index (χ4n) is 3.69. The molecule has 0 amide bonds. The molecule has 0 aliphatic carbocycles. The molecule has 148 valence electrons. The number of anilines is 1. The fourth-order valence-corrected chi connectivity index (χ4v) is 3.69. The summed E-state index contributed by atoms with van der Waals surface area (Å²) in [6.45, 7) is 5.28. The molecule has 2 heterocycles. The standard InChI is InChI=1S/C21H20N4O4/c1-12(2)29-20(26)18-13(3)22-21-23-15-9-5-7-11-17(15)24(21)19(18)14-8-4-6-10-16(14)25(27)28/h4-12,19H,1-3H3,(H,22,23)/t19-/m0/s1. The van der Waals surface area contributed by atoms with Crippen molar-refractivity contribution in [2.75, 3.05) is 5.32 Å². The molecule has 0 saturated heterocycles. The molecule has 0 unspecified atom stereocenters. The number of nitro benzene ring substituents is 1. The van der Waals surface area contributed by atoms with Crippen molar-refractivity contribution < 1.29 is 14.5 Å². The Kier molecular flexibility index (Phi) is 4.54. The highest BCUT2D eigenvalue weighted by Crippen LogP contribution is 2.42. The molecule has 1 aliphatic rings. The molecule has 0 saturated carbocycles. The van der Waals surface area contributed by atoms with Crippen LogP contribution in [0.2, 0.25) is 0 Å². The average Bonchev–Trinajstić information content (AvgIpc) is 3.04. The molecule has 3 aromatic rings. The van der Waals surface area contributed by atoms with Crippen LogP contribution in [0.15, 0.2) is 59.8 Å². The van der Waals surface area contributed by atoms with E-state index >= 15 is 0 Å². The zero-order valence-electron chi connectivity index (χ0n) is 16.2. The first-order valence-corrected chi connectivity index (χ1v) is 9.27. The van der Waals surface area contributed by atoms with Crippen LogP contribution in [0.4, 0.5) is 11.6 Å². The minimum absolute atomic E-state index is 0.0641. The van der Waals surface area contributed by atoms with Gasteiger partial charge in [-0.1, -0.05) is 24.3 Å². The summed E-state index contributed by atoms with van der Waals surface area (Å²) in [6, 6.07) is 13.2. The maximum absolute atomic E-state index is 13.0. The topological polar surface area (TPSA) is 99.3 Å². The summed E-state index contributed by atoms with van der Waals surface area (Å²) in [7, 11) is 0. The number of aromatic nitrogens is 2. The van der Waals surface area contributed by atoms with Gasteiger partial charge in [-0.05, 0) is 39.0 Å². The van der Waals surface area contributed by atoms with E-state index in [1.807, 2.05) is 28.8 Å². The largest absolute Gasteiger partial charge is 0.459 e. The summed E-state index contributed by atoms with van der Waals surface area (Å²) in [4.78, 5) is 28.9. The number of para-hydroxylation sites is 3. The van der Waals surface area contributed by atoms with Gasteiger partial charge in [0.05, 0.1) is 33.2 Å². The third-order valence-corrected chi connectivity index (χ3v) is 4.82. The number of allylic oxidation sites excluding steroid dienone is 1. The summed E-state index contributed by atoms with van der Waals surface area (Å²) < 4.78 is 7.30. The predicted octanol–water partition coefficient (Wildman–Crippen LogP) is 4.19. The molecule has 0 radical (unpaired) electrons. The zero-order chi connectivity index (χ0) is 20.7. The number of esters is 1. The maximum atomic E-state index is 13.0. The number of nitrogens with zero attached hydrogens (tertiary/aromatic N) is 3. The lowest BCUT2D eigenvalue weighted by molar-refractivity contribution is -0.385. The van der Waals surface area contributed by atoms with E-state index in [0.29, 0.717) is 22.8 Å². The van der Waals surface area contributed by atoms with Crippen LogP contribution < -0.4 is 5.32 Å². The molecule has 1 aromatic heterocycles. The van der Waals surface area contributed by atoms with Gasteiger partial charge in [-0.3, -0.25) is 14.7 Å². The lowest BCUT2D eigenvalue weighted by Gasteiger charge is -2.30. The molecule has 4 rings (SSSR count). The van der Waals surface area contributed by atoms with Gasteiger partial charge in [0.1, 0.15) is 6.04 Å². The van der Waals surface area contributed by atoms with E-state index in [1.165, 1.54) is 6.07 Å². The maximum Gasteiger partial charge on any atom is 0.338 e. The predicted molar refractivity (Wildman–Crippen MR) is 109 cm³/mol. The summed E-state index contributed by atoms with van der Waals surface area (Å²) in [5.41, 5.74) is 2.71. The highest BCUT2D eigenvalue weighted by Gasteiger charge is 2.38. The van der Waals surface area contributed by atoms with Crippen LogP contribution in [0.25, 0.3) is 11.0 Å². The van der Waals surface area contributed by atoms with Gasteiger partial charge in [-0.2, -0.15) is 0 Å². The van der Waals surface area contributed by atoms with Crippen molar-refractivity contribution in [3.05, 3.63) is 75.5 Å². The number of nitro groups is 1. The van der Waals surface area contributed by atoms with Crippen molar-refractivity contribution in [3.63, 3.8) is 0 Å². The fraction of sp³-hybridized carbons (Fsp3) is 0.238. The molecule has 8 nitrogen and oxygen atoms in total. The molecular formula is C21H20N4O4. The van der Waals surface area contributed by atoms with Crippen LogP contribution >= 0.6 is 0 Å². The van der Waals surface area contributed by atoms with E-state index in [2.05, 4.69) is 10.3 Å². The molecule has 8 heteroatoms. The van der Waals surface area contributed by atoms with Gasteiger partial charge in [-0.15, -0.1) is 0 Å². The Labute approximate surface area is 167 Å². The lowest BCUT2D eigenvalue weighted by Crippen LogP contribution is -2.30. The summed E-state index contributed by atoms with van der Waals surface area (Å²) in [6.07, 6.45) is -0.324. The molecule has 1 N–H and O–H groups in total. The lowest BCUT2D eigenvalue weighted by atomic mass is 9.93. The van der Waals surface area contributed by atoms with E-state index in [0.717, 1.165) is 11.0 Å². The minimum Gasteiger partial charge on any atom is -0.459 e. The van der Waals surface area contributed by atoms with E-state index in [4.69, 9.17) is 4.74 Å². The Bertz CT molecular complexity index is 1160. The number of ether oxygens (including phenoxy) is 1. The molecule has 29 heavy (non-hydrogen) atoms. The van der Waals surface area contributed by atoms with Crippen LogP contribution in [0, 0.1) is 10.1 Å². The normalized spacial score (nSPS) is 15.9. The quantitative estimate of drug-likeness (QED) is 0.406. The molecule has 1 atom stereocenters. The van der Waals surface area contributed by atoms with Crippen LogP contribution in [-0.2, 0) is 9.53 Å². The van der Waals surface area contributed by atoms with Crippen molar-refractivity contribution in [2.45, 2.75) is 32.9 Å². The SMILES string of the molecule is CC1=C(C(=O)OC(C)C)[C@H](c2ccccc2[N+](=O)[O-])n2c(nc3ccccc32)N1. The summed E-state index contributed by atoms with van der Waals surface area (Å²) in [5.74, 6) is 0.00419. The number of fused-ring (bicyclic) bond motifs is 3. The zero-order valence-corrected chi connectivity index (χ0v) is 16.2. The van der Waals surface area contributed by atoms with Crippen molar-refractivity contribution >= 4 is 28.6 Å². The number of hydrogen-bond donors (Lipinski definition) is 1.